The van der Waals surface area contributed by atoms with Crippen molar-refractivity contribution < 1.29 is 28.7 Å². The topological polar surface area (TPSA) is 112 Å². The summed E-state index contributed by atoms with van der Waals surface area (Å²) >= 11 is 6.26. The predicted molar refractivity (Wildman–Crippen MR) is 119 cm³/mol. The van der Waals surface area contributed by atoms with E-state index in [4.69, 9.17) is 26.0 Å². The van der Waals surface area contributed by atoms with Gasteiger partial charge in [0, 0.05) is 38.2 Å². The van der Waals surface area contributed by atoms with Crippen molar-refractivity contribution in [3.05, 3.63) is 23.0 Å². The van der Waals surface area contributed by atoms with Crippen LogP contribution >= 0.6 is 11.6 Å². The number of hydrogen-bond acceptors (Lipinski definition) is 8. The highest BCUT2D eigenvalue weighted by molar-refractivity contribution is 6.33. The van der Waals surface area contributed by atoms with Gasteiger partial charge in [-0.15, -0.1) is 0 Å². The van der Waals surface area contributed by atoms with Crippen LogP contribution in [0.3, 0.4) is 0 Å². The Morgan fingerprint density at radius 1 is 1.33 bits per heavy atom. The lowest BCUT2D eigenvalue weighted by Gasteiger charge is -2.45. The maximum absolute atomic E-state index is 14.4. The summed E-state index contributed by atoms with van der Waals surface area (Å²) in [6.45, 7) is 5.90. The van der Waals surface area contributed by atoms with Gasteiger partial charge in [0.15, 0.2) is 11.6 Å². The van der Waals surface area contributed by atoms with E-state index >= 15 is 0 Å². The van der Waals surface area contributed by atoms with Gasteiger partial charge in [0.05, 0.1) is 17.2 Å². The van der Waals surface area contributed by atoms with Crippen molar-refractivity contribution in [2.24, 2.45) is 11.3 Å². The van der Waals surface area contributed by atoms with Crippen LogP contribution in [0.1, 0.15) is 26.7 Å². The lowest BCUT2D eigenvalue weighted by atomic mass is 9.64. The van der Waals surface area contributed by atoms with Crippen LogP contribution in [0.15, 0.2) is 16.7 Å². The van der Waals surface area contributed by atoms with Crippen LogP contribution in [0, 0.1) is 17.2 Å². The molecule has 0 bridgehead atoms. The Hall–Kier alpha value is -2.43. The minimum absolute atomic E-state index is 0.0612. The van der Waals surface area contributed by atoms with Crippen LogP contribution in [0.4, 0.5) is 10.3 Å². The van der Waals surface area contributed by atoms with E-state index in [1.54, 1.807) is 0 Å². The molecule has 11 heteroatoms. The molecule has 1 aromatic carbocycles. The SMILES string of the molecule is CC1(C)CC(C(=O)N2CCN(c3noc(-c4cc(F)c(OC[C@H](O)CO)cc4Cl)n3)CC2)C1. The molecule has 1 aromatic heterocycles. The van der Waals surface area contributed by atoms with Crippen LogP contribution in [0.2, 0.25) is 5.02 Å². The second-order valence-corrected chi connectivity index (χ2v) is 9.80. The number of aliphatic hydroxyl groups is 2. The lowest BCUT2D eigenvalue weighted by Crippen LogP contribution is -2.53. The summed E-state index contributed by atoms with van der Waals surface area (Å²) in [6.07, 6.45) is 0.741. The molecular formula is C22H28ClFN4O5. The Morgan fingerprint density at radius 3 is 2.67 bits per heavy atom. The van der Waals surface area contributed by atoms with E-state index in [1.807, 2.05) is 9.80 Å². The molecule has 2 N–H and O–H groups in total. The Kier molecular flexibility index (Phi) is 6.78. The molecule has 1 aliphatic carbocycles. The molecule has 0 spiro atoms. The molecule has 2 heterocycles. The van der Waals surface area contributed by atoms with E-state index in [0.29, 0.717) is 32.1 Å². The molecule has 1 saturated heterocycles. The normalized spacial score (nSPS) is 19.3. The Balaban J connectivity index is 1.37. The first kappa shape index (κ1) is 23.7. The second-order valence-electron chi connectivity index (χ2n) is 9.39. The van der Waals surface area contributed by atoms with Crippen molar-refractivity contribution in [1.82, 2.24) is 15.0 Å². The van der Waals surface area contributed by atoms with Crippen LogP contribution in [-0.4, -0.2) is 76.7 Å². The molecule has 180 valence electrons. The molecule has 1 aliphatic heterocycles. The third-order valence-corrected chi connectivity index (χ3v) is 6.44. The van der Waals surface area contributed by atoms with E-state index in [2.05, 4.69) is 24.0 Å². The van der Waals surface area contributed by atoms with Gasteiger partial charge in [0.1, 0.15) is 12.7 Å². The number of benzene rings is 1. The number of halogens is 2. The van der Waals surface area contributed by atoms with Gasteiger partial charge in [0.2, 0.25) is 5.91 Å². The van der Waals surface area contributed by atoms with E-state index in [-0.39, 0.29) is 46.1 Å². The molecule has 0 radical (unpaired) electrons. The number of carbonyl (C=O) groups excluding carboxylic acids is 1. The number of aliphatic hydroxyl groups excluding tert-OH is 2. The molecule has 4 rings (SSSR count). The molecule has 1 saturated carbocycles. The molecule has 2 aromatic rings. The van der Waals surface area contributed by atoms with Crippen LogP contribution < -0.4 is 9.64 Å². The fraction of sp³-hybridized carbons (Fsp3) is 0.591. The minimum Gasteiger partial charge on any atom is -0.488 e. The summed E-state index contributed by atoms with van der Waals surface area (Å²) in [4.78, 5) is 20.8. The molecular weight excluding hydrogens is 455 g/mol. The van der Waals surface area contributed by atoms with Gasteiger partial charge in [-0.3, -0.25) is 4.79 Å². The number of ether oxygens (including phenoxy) is 1. The third-order valence-electron chi connectivity index (χ3n) is 6.13. The number of piperazine rings is 1. The first-order valence-corrected chi connectivity index (χ1v) is 11.3. The quantitative estimate of drug-likeness (QED) is 0.618. The van der Waals surface area contributed by atoms with Crippen molar-refractivity contribution in [3.63, 3.8) is 0 Å². The Labute approximate surface area is 196 Å². The number of hydrogen-bond donors (Lipinski definition) is 2. The summed E-state index contributed by atoms with van der Waals surface area (Å²) in [5.74, 6) is -0.119. The number of anilines is 1. The van der Waals surface area contributed by atoms with Crippen molar-refractivity contribution in [1.29, 1.82) is 0 Å². The van der Waals surface area contributed by atoms with Crippen LogP contribution in [0.25, 0.3) is 11.5 Å². The molecule has 2 aliphatic rings. The zero-order valence-electron chi connectivity index (χ0n) is 18.6. The number of aromatic nitrogens is 2. The Bertz CT molecular complexity index is 1000. The van der Waals surface area contributed by atoms with Crippen molar-refractivity contribution in [2.45, 2.75) is 32.8 Å². The number of rotatable bonds is 7. The first-order valence-electron chi connectivity index (χ1n) is 11.0. The average molecular weight is 483 g/mol. The summed E-state index contributed by atoms with van der Waals surface area (Å²) in [7, 11) is 0. The van der Waals surface area contributed by atoms with E-state index in [0.717, 1.165) is 18.9 Å². The summed E-state index contributed by atoms with van der Waals surface area (Å²) in [5, 5.41) is 22.3. The maximum Gasteiger partial charge on any atom is 0.266 e. The van der Waals surface area contributed by atoms with Gasteiger partial charge in [-0.1, -0.05) is 25.4 Å². The molecule has 33 heavy (non-hydrogen) atoms. The summed E-state index contributed by atoms with van der Waals surface area (Å²) in [5.41, 5.74) is 0.471. The van der Waals surface area contributed by atoms with Gasteiger partial charge in [-0.25, -0.2) is 4.39 Å². The fourth-order valence-corrected chi connectivity index (χ4v) is 4.56. The smallest absolute Gasteiger partial charge is 0.266 e. The summed E-state index contributed by atoms with van der Waals surface area (Å²) in [6, 6.07) is 2.38. The zero-order chi connectivity index (χ0) is 23.8. The number of nitrogens with zero attached hydrogens (tertiary/aromatic N) is 4. The lowest BCUT2D eigenvalue weighted by molar-refractivity contribution is -0.142. The first-order chi connectivity index (χ1) is 15.7. The van der Waals surface area contributed by atoms with Crippen molar-refractivity contribution in [3.8, 4) is 17.2 Å². The predicted octanol–water partition coefficient (Wildman–Crippen LogP) is 2.35. The molecule has 2 fully saturated rings. The monoisotopic (exact) mass is 482 g/mol. The molecule has 0 unspecified atom stereocenters. The van der Waals surface area contributed by atoms with Gasteiger partial charge in [0.25, 0.3) is 11.8 Å². The molecule has 9 nitrogen and oxygen atoms in total. The van der Waals surface area contributed by atoms with Crippen molar-refractivity contribution in [2.75, 3.05) is 44.3 Å². The van der Waals surface area contributed by atoms with Gasteiger partial charge < -0.3 is 29.3 Å². The third kappa shape index (κ3) is 5.23. The van der Waals surface area contributed by atoms with E-state index in [9.17, 15) is 14.3 Å². The van der Waals surface area contributed by atoms with Gasteiger partial charge in [-0.05, 0) is 29.5 Å². The fourth-order valence-electron chi connectivity index (χ4n) is 4.33. The van der Waals surface area contributed by atoms with E-state index < -0.39 is 18.5 Å². The highest BCUT2D eigenvalue weighted by Crippen LogP contribution is 2.45. The maximum atomic E-state index is 14.4. The standard InChI is InChI=1S/C22H28ClFN4O5/c1-22(2)9-13(10-22)20(31)27-3-5-28(6-4-27)21-25-19(33-26-21)15-7-17(24)18(8-16(15)23)32-12-14(30)11-29/h7-8,13-14,29-30H,3-6,9-12H2,1-2H3/t14-/m1/s1. The molecule has 1 atom stereocenters. The van der Waals surface area contributed by atoms with Gasteiger partial charge in [-0.2, -0.15) is 4.98 Å². The number of amides is 1. The largest absolute Gasteiger partial charge is 0.488 e. The minimum atomic E-state index is -1.13. The average Bonchev–Trinajstić information content (AvgIpc) is 3.27. The highest BCUT2D eigenvalue weighted by atomic mass is 35.5. The number of carbonyl (C=O) groups is 1. The van der Waals surface area contributed by atoms with Crippen molar-refractivity contribution >= 4 is 23.5 Å². The van der Waals surface area contributed by atoms with Crippen LogP contribution in [-0.2, 0) is 4.79 Å². The Morgan fingerprint density at radius 2 is 2.03 bits per heavy atom. The van der Waals surface area contributed by atoms with Crippen LogP contribution in [0.5, 0.6) is 5.75 Å². The zero-order valence-corrected chi connectivity index (χ0v) is 19.4. The summed E-state index contributed by atoms with van der Waals surface area (Å²) < 4.78 is 24.9. The highest BCUT2D eigenvalue weighted by Gasteiger charge is 2.42. The molecule has 1 amide bonds. The van der Waals surface area contributed by atoms with Gasteiger partial charge >= 0.3 is 0 Å². The van der Waals surface area contributed by atoms with E-state index in [1.165, 1.54) is 6.07 Å². The second kappa shape index (κ2) is 9.44.